The quantitative estimate of drug-likeness (QED) is 0.131. The molecule has 1 rings (SSSR count). The van der Waals surface area contributed by atoms with Crippen molar-refractivity contribution >= 4 is 17.9 Å². The number of methoxy groups -OCH3 is 1. The fourth-order valence-corrected chi connectivity index (χ4v) is 2.11. The SMILES string of the molecule is C#C/C=C(OC)\C(=C/Cc1ccc(OC(=O)C(=C)C)c(OC(=O)C(=C)C)c1)OC(=O)C(=C)C. The molecule has 0 atom stereocenters. The van der Waals surface area contributed by atoms with E-state index in [9.17, 15) is 14.4 Å². The second-order valence-corrected chi connectivity index (χ2v) is 6.94. The summed E-state index contributed by atoms with van der Waals surface area (Å²) < 4.78 is 21.1. The van der Waals surface area contributed by atoms with Crippen molar-refractivity contribution < 1.29 is 33.3 Å². The smallest absolute Gasteiger partial charge is 0.338 e. The highest BCUT2D eigenvalue weighted by Crippen LogP contribution is 2.30. The van der Waals surface area contributed by atoms with Crippen molar-refractivity contribution in [3.63, 3.8) is 0 Å². The molecule has 0 radical (unpaired) electrons. The first-order valence-electron chi connectivity index (χ1n) is 9.66. The second-order valence-electron chi connectivity index (χ2n) is 6.94. The van der Waals surface area contributed by atoms with Crippen molar-refractivity contribution in [2.45, 2.75) is 27.2 Å². The van der Waals surface area contributed by atoms with Gasteiger partial charge in [0.1, 0.15) is 0 Å². The van der Waals surface area contributed by atoms with E-state index < -0.39 is 17.9 Å². The van der Waals surface area contributed by atoms with Crippen LogP contribution in [0.1, 0.15) is 26.3 Å². The van der Waals surface area contributed by atoms with Crippen LogP contribution in [0.3, 0.4) is 0 Å². The van der Waals surface area contributed by atoms with Gasteiger partial charge in [0, 0.05) is 22.8 Å². The molecule has 0 bridgehead atoms. The van der Waals surface area contributed by atoms with Crippen molar-refractivity contribution in [3.8, 4) is 23.8 Å². The van der Waals surface area contributed by atoms with Crippen LogP contribution < -0.4 is 9.47 Å². The van der Waals surface area contributed by atoms with Gasteiger partial charge in [-0.3, -0.25) is 0 Å². The minimum atomic E-state index is -0.690. The summed E-state index contributed by atoms with van der Waals surface area (Å²) in [4.78, 5) is 36.0. The van der Waals surface area contributed by atoms with Crippen molar-refractivity contribution in [1.29, 1.82) is 0 Å². The molecular formula is C26H26O7. The Balaban J connectivity index is 3.37. The van der Waals surface area contributed by atoms with Crippen molar-refractivity contribution in [2.24, 2.45) is 0 Å². The average molecular weight is 450 g/mol. The molecule has 0 aromatic heterocycles. The van der Waals surface area contributed by atoms with E-state index in [1.54, 1.807) is 12.1 Å². The van der Waals surface area contributed by atoms with Crippen LogP contribution in [0.4, 0.5) is 0 Å². The summed E-state index contributed by atoms with van der Waals surface area (Å²) in [6.45, 7) is 15.1. The third-order valence-electron chi connectivity index (χ3n) is 3.86. The number of hydrogen-bond acceptors (Lipinski definition) is 7. The van der Waals surface area contributed by atoms with Gasteiger partial charge in [0.05, 0.1) is 7.11 Å². The summed E-state index contributed by atoms with van der Waals surface area (Å²) in [6, 6.07) is 4.62. The molecule has 7 nitrogen and oxygen atoms in total. The molecule has 0 heterocycles. The third kappa shape index (κ3) is 8.38. The number of benzene rings is 1. The molecule has 172 valence electrons. The highest BCUT2D eigenvalue weighted by Gasteiger charge is 2.17. The summed E-state index contributed by atoms with van der Waals surface area (Å²) in [5.74, 6) is 0.583. The lowest BCUT2D eigenvalue weighted by Crippen LogP contribution is -2.13. The molecule has 0 fully saturated rings. The molecule has 0 unspecified atom stereocenters. The first kappa shape index (κ1) is 26.7. The number of carbonyl (C=O) groups is 3. The van der Waals surface area contributed by atoms with Crippen LogP contribution in [0.5, 0.6) is 11.5 Å². The highest BCUT2D eigenvalue weighted by atomic mass is 16.6. The molecule has 1 aromatic carbocycles. The van der Waals surface area contributed by atoms with Crippen LogP contribution in [-0.4, -0.2) is 25.0 Å². The number of allylic oxidation sites excluding steroid dienone is 2. The van der Waals surface area contributed by atoms with Gasteiger partial charge in [-0.25, -0.2) is 14.4 Å². The zero-order valence-corrected chi connectivity index (χ0v) is 19.2. The maximum atomic E-state index is 12.0. The molecule has 0 aliphatic rings. The topological polar surface area (TPSA) is 88.1 Å². The Morgan fingerprint density at radius 3 is 1.94 bits per heavy atom. The predicted molar refractivity (Wildman–Crippen MR) is 124 cm³/mol. The van der Waals surface area contributed by atoms with E-state index in [4.69, 9.17) is 25.4 Å². The number of hydrogen-bond donors (Lipinski definition) is 0. The summed E-state index contributed by atoms with van der Waals surface area (Å²) in [6.07, 6.45) is 8.40. The van der Waals surface area contributed by atoms with E-state index >= 15 is 0 Å². The van der Waals surface area contributed by atoms with Crippen molar-refractivity contribution in [2.75, 3.05) is 7.11 Å². The van der Waals surface area contributed by atoms with Gasteiger partial charge in [0.2, 0.25) is 0 Å². The van der Waals surface area contributed by atoms with Crippen LogP contribution in [0.2, 0.25) is 0 Å². The van der Waals surface area contributed by atoms with Gasteiger partial charge >= 0.3 is 17.9 Å². The van der Waals surface area contributed by atoms with Gasteiger partial charge in [-0.15, -0.1) is 6.42 Å². The minimum Gasteiger partial charge on any atom is -0.492 e. The van der Waals surface area contributed by atoms with Crippen LogP contribution >= 0.6 is 0 Å². The summed E-state index contributed by atoms with van der Waals surface area (Å²) in [5, 5.41) is 0. The molecule has 33 heavy (non-hydrogen) atoms. The Bertz CT molecular complexity index is 1090. The number of ether oxygens (including phenoxy) is 4. The molecule has 0 saturated carbocycles. The Morgan fingerprint density at radius 1 is 0.909 bits per heavy atom. The normalized spacial score (nSPS) is 11.0. The standard InChI is InChI=1S/C26H26O7/c1-9-10-20(30-8)21(31-24(27)16(2)3)13-11-19-12-14-22(32-25(28)17(4)5)23(15-19)33-26(29)18(6)7/h1,10,12-15H,2,4,6,11H2,3,5,7-8H3/b20-10+,21-13+. The van der Waals surface area contributed by atoms with Crippen LogP contribution in [0.25, 0.3) is 0 Å². The van der Waals surface area contributed by atoms with E-state index in [2.05, 4.69) is 25.7 Å². The molecule has 0 aliphatic carbocycles. The Kier molecular flexibility index (Phi) is 10.1. The van der Waals surface area contributed by atoms with Crippen LogP contribution in [0, 0.1) is 12.3 Å². The zero-order chi connectivity index (χ0) is 25.1. The van der Waals surface area contributed by atoms with Gasteiger partial charge in [0.15, 0.2) is 23.0 Å². The molecular weight excluding hydrogens is 424 g/mol. The summed E-state index contributed by atoms with van der Waals surface area (Å²) in [7, 11) is 1.38. The molecule has 0 saturated heterocycles. The number of carbonyl (C=O) groups excluding carboxylic acids is 3. The number of terminal acetylenes is 1. The van der Waals surface area contributed by atoms with E-state index in [0.29, 0.717) is 5.56 Å². The molecule has 7 heteroatoms. The number of esters is 3. The lowest BCUT2D eigenvalue weighted by Gasteiger charge is -2.13. The van der Waals surface area contributed by atoms with E-state index in [0.717, 1.165) is 0 Å². The minimum absolute atomic E-state index is 0.00936. The van der Waals surface area contributed by atoms with E-state index in [1.807, 2.05) is 0 Å². The summed E-state index contributed by atoms with van der Waals surface area (Å²) in [5.41, 5.74) is 1.16. The Hall–Kier alpha value is -4.31. The summed E-state index contributed by atoms with van der Waals surface area (Å²) >= 11 is 0. The number of rotatable bonds is 10. The maximum absolute atomic E-state index is 12.0. The molecule has 0 amide bonds. The molecule has 0 aliphatic heterocycles. The maximum Gasteiger partial charge on any atom is 0.338 e. The third-order valence-corrected chi connectivity index (χ3v) is 3.86. The molecule has 1 aromatic rings. The van der Waals surface area contributed by atoms with Crippen molar-refractivity contribution in [1.82, 2.24) is 0 Å². The lowest BCUT2D eigenvalue weighted by molar-refractivity contribution is -0.135. The largest absolute Gasteiger partial charge is 0.492 e. The predicted octanol–water partition coefficient (Wildman–Crippen LogP) is 4.36. The highest BCUT2D eigenvalue weighted by molar-refractivity contribution is 5.91. The molecule has 0 N–H and O–H groups in total. The first-order valence-corrected chi connectivity index (χ1v) is 9.66. The van der Waals surface area contributed by atoms with Gasteiger partial charge < -0.3 is 18.9 Å². The van der Waals surface area contributed by atoms with Gasteiger partial charge in [-0.2, -0.15) is 0 Å². The van der Waals surface area contributed by atoms with Gasteiger partial charge in [-0.05, 0) is 51.0 Å². The van der Waals surface area contributed by atoms with Crippen molar-refractivity contribution in [3.05, 3.63) is 83.9 Å². The first-order chi connectivity index (χ1) is 15.5. The fraction of sp³-hybridized carbons (Fsp3) is 0.192. The average Bonchev–Trinajstić information content (AvgIpc) is 2.75. The monoisotopic (exact) mass is 450 g/mol. The Morgan fingerprint density at radius 2 is 1.45 bits per heavy atom. The second kappa shape index (κ2) is 12.5. The fourth-order valence-electron chi connectivity index (χ4n) is 2.11. The van der Waals surface area contributed by atoms with E-state index in [-0.39, 0.29) is 46.2 Å². The van der Waals surface area contributed by atoms with Gasteiger partial charge in [0.25, 0.3) is 0 Å². The van der Waals surface area contributed by atoms with Crippen LogP contribution in [-0.2, 0) is 30.3 Å². The van der Waals surface area contributed by atoms with Gasteiger partial charge in [-0.1, -0.05) is 31.7 Å². The zero-order valence-electron chi connectivity index (χ0n) is 19.2. The lowest BCUT2D eigenvalue weighted by atomic mass is 10.1. The van der Waals surface area contributed by atoms with E-state index in [1.165, 1.54) is 46.1 Å². The molecule has 0 spiro atoms. The van der Waals surface area contributed by atoms with Crippen LogP contribution in [0.15, 0.2) is 78.3 Å². The Labute approximate surface area is 193 Å².